The molecule has 0 unspecified atom stereocenters. The molecule has 3 heterocycles. The Hall–Kier alpha value is -5.34. The highest BCUT2D eigenvalue weighted by molar-refractivity contribution is 6.26. The number of allylic oxidation sites excluding steroid dienone is 2. The lowest BCUT2D eigenvalue weighted by Crippen LogP contribution is -1.95. The van der Waals surface area contributed by atoms with Crippen LogP contribution >= 0.6 is 0 Å². The first-order valence-corrected chi connectivity index (χ1v) is 14.0. The van der Waals surface area contributed by atoms with E-state index in [-0.39, 0.29) is 0 Å². The van der Waals surface area contributed by atoms with E-state index in [0.717, 1.165) is 22.3 Å². The van der Waals surface area contributed by atoms with E-state index in [2.05, 4.69) is 133 Å². The molecular weight excluding hydrogens is 498 g/mol. The summed E-state index contributed by atoms with van der Waals surface area (Å²) in [7, 11) is 0. The molecule has 0 aliphatic carbocycles. The summed E-state index contributed by atoms with van der Waals surface area (Å²) in [4.78, 5) is 0. The Kier molecular flexibility index (Phi) is 5.23. The molecule has 0 aliphatic heterocycles. The van der Waals surface area contributed by atoms with Crippen molar-refractivity contribution < 1.29 is 4.42 Å². The second kappa shape index (κ2) is 9.11. The van der Waals surface area contributed by atoms with Gasteiger partial charge in [0.05, 0.1) is 16.7 Å². The predicted molar refractivity (Wildman–Crippen MR) is 175 cm³/mol. The topological polar surface area (TPSA) is 17.6 Å². The molecule has 2 heteroatoms. The molecule has 3 aromatic heterocycles. The number of pyridine rings is 1. The van der Waals surface area contributed by atoms with Crippen molar-refractivity contribution in [2.45, 2.75) is 6.92 Å². The molecule has 0 saturated carbocycles. The van der Waals surface area contributed by atoms with Crippen LogP contribution in [0.2, 0.25) is 0 Å². The Morgan fingerprint density at radius 2 is 1.41 bits per heavy atom. The highest BCUT2D eigenvalue weighted by Crippen LogP contribution is 2.44. The third-order valence-electron chi connectivity index (χ3n) is 8.33. The Labute approximate surface area is 238 Å². The second-order valence-corrected chi connectivity index (χ2v) is 10.6. The summed E-state index contributed by atoms with van der Waals surface area (Å²) < 4.78 is 8.88. The first-order chi connectivity index (χ1) is 20.2. The fourth-order valence-electron chi connectivity index (χ4n) is 6.41. The minimum Gasteiger partial charge on any atom is -0.456 e. The fourth-order valence-corrected chi connectivity index (χ4v) is 6.41. The van der Waals surface area contributed by atoms with Gasteiger partial charge in [0.15, 0.2) is 0 Å². The number of hydrogen-bond donors (Lipinski definition) is 0. The van der Waals surface area contributed by atoms with Crippen LogP contribution in [0.1, 0.15) is 11.3 Å². The highest BCUT2D eigenvalue weighted by atomic mass is 16.3. The van der Waals surface area contributed by atoms with Gasteiger partial charge in [0.1, 0.15) is 11.3 Å². The summed E-state index contributed by atoms with van der Waals surface area (Å²) in [6, 6.07) is 41.6. The normalized spacial score (nSPS) is 12.0. The lowest BCUT2D eigenvalue weighted by atomic mass is 9.95. The minimum atomic E-state index is 0.863. The van der Waals surface area contributed by atoms with Crippen LogP contribution in [-0.2, 0) is 0 Å². The fraction of sp³-hybridized carbons (Fsp3) is 0.0256. The molecule has 8 aromatic rings. The molecule has 0 atom stereocenters. The molecular formula is C39H27NO. The zero-order valence-corrected chi connectivity index (χ0v) is 22.8. The van der Waals surface area contributed by atoms with Crippen LogP contribution in [0.4, 0.5) is 0 Å². The van der Waals surface area contributed by atoms with Gasteiger partial charge in [-0.1, -0.05) is 116 Å². The largest absolute Gasteiger partial charge is 0.456 e. The molecule has 0 amide bonds. The smallest absolute Gasteiger partial charge is 0.135 e. The van der Waals surface area contributed by atoms with Gasteiger partial charge in [0.2, 0.25) is 0 Å². The van der Waals surface area contributed by atoms with Crippen molar-refractivity contribution in [2.24, 2.45) is 0 Å². The molecule has 41 heavy (non-hydrogen) atoms. The van der Waals surface area contributed by atoms with Gasteiger partial charge in [-0.15, -0.1) is 0 Å². The molecule has 5 aromatic carbocycles. The van der Waals surface area contributed by atoms with E-state index < -0.39 is 0 Å². The van der Waals surface area contributed by atoms with Crippen LogP contribution in [0.5, 0.6) is 0 Å². The van der Waals surface area contributed by atoms with E-state index in [1.165, 1.54) is 60.3 Å². The van der Waals surface area contributed by atoms with Crippen LogP contribution in [-0.4, -0.2) is 4.40 Å². The predicted octanol–water partition coefficient (Wildman–Crippen LogP) is 11.0. The lowest BCUT2D eigenvalue weighted by Gasteiger charge is -2.15. The summed E-state index contributed by atoms with van der Waals surface area (Å²) in [5, 5.41) is 7.25. The molecule has 0 N–H and O–H groups in total. The Balaban J connectivity index is 1.66. The zero-order valence-electron chi connectivity index (χ0n) is 22.8. The van der Waals surface area contributed by atoms with E-state index in [9.17, 15) is 0 Å². The Morgan fingerprint density at radius 1 is 0.683 bits per heavy atom. The molecule has 194 valence electrons. The maximum Gasteiger partial charge on any atom is 0.135 e. The van der Waals surface area contributed by atoms with Crippen molar-refractivity contribution in [3.8, 4) is 22.4 Å². The summed E-state index contributed by atoms with van der Waals surface area (Å²) in [5.41, 5.74) is 9.20. The minimum absolute atomic E-state index is 0.863. The van der Waals surface area contributed by atoms with Crippen molar-refractivity contribution in [1.29, 1.82) is 0 Å². The van der Waals surface area contributed by atoms with Gasteiger partial charge in [-0.05, 0) is 58.5 Å². The van der Waals surface area contributed by atoms with Crippen molar-refractivity contribution in [3.63, 3.8) is 0 Å². The summed E-state index contributed by atoms with van der Waals surface area (Å²) in [6.45, 7) is 5.97. The van der Waals surface area contributed by atoms with E-state index in [1.807, 2.05) is 12.2 Å². The van der Waals surface area contributed by atoms with Crippen molar-refractivity contribution in [1.82, 2.24) is 4.40 Å². The molecule has 0 spiro atoms. The number of furan rings is 1. The summed E-state index contributed by atoms with van der Waals surface area (Å²) in [6.07, 6.45) is 5.70. The van der Waals surface area contributed by atoms with Crippen molar-refractivity contribution in [2.75, 3.05) is 0 Å². The monoisotopic (exact) mass is 525 g/mol. The van der Waals surface area contributed by atoms with E-state index >= 15 is 0 Å². The molecule has 0 saturated heterocycles. The number of hydrogen-bond acceptors (Lipinski definition) is 1. The number of fused-ring (bicyclic) bond motifs is 9. The van der Waals surface area contributed by atoms with Crippen LogP contribution in [0.15, 0.2) is 138 Å². The molecule has 2 nitrogen and oxygen atoms in total. The lowest BCUT2D eigenvalue weighted by molar-refractivity contribution is 0.601. The van der Waals surface area contributed by atoms with Crippen LogP contribution in [0, 0.1) is 6.92 Å². The third kappa shape index (κ3) is 3.51. The number of aryl methyl sites for hydroxylation is 1. The number of rotatable bonds is 4. The van der Waals surface area contributed by atoms with Gasteiger partial charge in [0, 0.05) is 27.3 Å². The summed E-state index contributed by atoms with van der Waals surface area (Å²) >= 11 is 0. The maximum atomic E-state index is 6.40. The maximum absolute atomic E-state index is 6.40. The molecule has 0 aliphatic rings. The number of nitrogens with zero attached hydrogens (tertiary/aromatic N) is 1. The summed E-state index contributed by atoms with van der Waals surface area (Å²) in [5.74, 6) is 0.863. The quantitative estimate of drug-likeness (QED) is 0.165. The van der Waals surface area contributed by atoms with Gasteiger partial charge < -0.3 is 8.82 Å². The van der Waals surface area contributed by atoms with Gasteiger partial charge >= 0.3 is 0 Å². The molecule has 0 fully saturated rings. The van der Waals surface area contributed by atoms with E-state index in [0.29, 0.717) is 0 Å². The van der Waals surface area contributed by atoms with Crippen molar-refractivity contribution >= 4 is 55.0 Å². The first kappa shape index (κ1) is 23.5. The third-order valence-corrected chi connectivity index (χ3v) is 8.33. The number of benzene rings is 5. The van der Waals surface area contributed by atoms with Crippen LogP contribution < -0.4 is 0 Å². The Bertz CT molecular complexity index is 2320. The van der Waals surface area contributed by atoms with E-state index in [1.54, 1.807) is 6.08 Å². The van der Waals surface area contributed by atoms with Gasteiger partial charge in [0.25, 0.3) is 0 Å². The van der Waals surface area contributed by atoms with E-state index in [4.69, 9.17) is 4.42 Å². The molecule has 0 bridgehead atoms. The Morgan fingerprint density at radius 3 is 2.20 bits per heavy atom. The van der Waals surface area contributed by atoms with Gasteiger partial charge in [-0.25, -0.2) is 0 Å². The van der Waals surface area contributed by atoms with Crippen LogP contribution in [0.3, 0.4) is 0 Å². The van der Waals surface area contributed by atoms with Gasteiger partial charge in [-0.2, -0.15) is 0 Å². The molecule has 8 rings (SSSR count). The molecule has 0 radical (unpaired) electrons. The highest BCUT2D eigenvalue weighted by Gasteiger charge is 2.21. The average Bonchev–Trinajstić information content (AvgIpc) is 3.57. The second-order valence-electron chi connectivity index (χ2n) is 10.6. The van der Waals surface area contributed by atoms with Crippen LogP contribution in [0.25, 0.3) is 77.4 Å². The zero-order chi connectivity index (χ0) is 27.5. The van der Waals surface area contributed by atoms with Gasteiger partial charge in [-0.3, -0.25) is 0 Å². The van der Waals surface area contributed by atoms with Crippen molar-refractivity contribution in [3.05, 3.63) is 145 Å². The number of aromatic nitrogens is 1. The SMILES string of the molecule is C=C/C=C\c1oc2cc3c4ccc5ccccc5c4c4c(-c5ccccc5)cc(-c5ccccc5)n4c3cc2c1C. The standard InChI is InChI=1S/C39H27NO/c1-3-4-19-36-25(2)31-22-35-33(24-37(31)41-36)30-21-20-27-15-11-12-18-29(27)38(30)39-32(26-13-7-5-8-14-26)23-34(40(35)39)28-16-9-6-10-17-28/h3-24H,1H2,2H3/b19-4-. The average molecular weight is 526 g/mol. The first-order valence-electron chi connectivity index (χ1n) is 14.0.